The summed E-state index contributed by atoms with van der Waals surface area (Å²) >= 11 is 0. The van der Waals surface area contributed by atoms with Gasteiger partial charge in [-0.3, -0.25) is 0 Å². The van der Waals surface area contributed by atoms with E-state index >= 15 is 0 Å². The van der Waals surface area contributed by atoms with Crippen LogP contribution in [0.2, 0.25) is 0 Å². The number of hydrogen-bond acceptors (Lipinski definition) is 3. The SMILES string of the molecule is CCCN(CC)c1cc(OC)ccc1C#N. The third kappa shape index (κ3) is 2.66. The van der Waals surface area contributed by atoms with Crippen LogP contribution >= 0.6 is 0 Å². The predicted molar refractivity (Wildman–Crippen MR) is 65.9 cm³/mol. The number of benzene rings is 1. The zero-order valence-electron chi connectivity index (χ0n) is 10.2. The summed E-state index contributed by atoms with van der Waals surface area (Å²) in [5.41, 5.74) is 1.67. The number of methoxy groups -OCH3 is 1. The summed E-state index contributed by atoms with van der Waals surface area (Å²) in [4.78, 5) is 2.20. The fourth-order valence-corrected chi connectivity index (χ4v) is 1.71. The third-order valence-corrected chi connectivity index (χ3v) is 2.54. The monoisotopic (exact) mass is 218 g/mol. The molecule has 0 spiro atoms. The Kier molecular flexibility index (Phi) is 4.65. The lowest BCUT2D eigenvalue weighted by Crippen LogP contribution is -2.24. The maximum Gasteiger partial charge on any atom is 0.121 e. The van der Waals surface area contributed by atoms with Crippen LogP contribution in [0.5, 0.6) is 5.75 Å². The molecular formula is C13H18N2O. The molecular weight excluding hydrogens is 200 g/mol. The third-order valence-electron chi connectivity index (χ3n) is 2.54. The van der Waals surface area contributed by atoms with Gasteiger partial charge in [-0.2, -0.15) is 5.26 Å². The second-order valence-electron chi connectivity index (χ2n) is 3.57. The lowest BCUT2D eigenvalue weighted by Gasteiger charge is -2.23. The minimum atomic E-state index is 0.705. The molecule has 0 heterocycles. The highest BCUT2D eigenvalue weighted by Crippen LogP contribution is 2.25. The van der Waals surface area contributed by atoms with Crippen LogP contribution in [-0.2, 0) is 0 Å². The van der Waals surface area contributed by atoms with Crippen molar-refractivity contribution >= 4 is 5.69 Å². The lowest BCUT2D eigenvalue weighted by molar-refractivity contribution is 0.414. The second kappa shape index (κ2) is 6.02. The van der Waals surface area contributed by atoms with Crippen LogP contribution in [0, 0.1) is 11.3 Å². The molecule has 0 radical (unpaired) electrons. The summed E-state index contributed by atoms with van der Waals surface area (Å²) in [6.45, 7) is 6.08. The van der Waals surface area contributed by atoms with Gasteiger partial charge in [0.1, 0.15) is 11.8 Å². The van der Waals surface area contributed by atoms with E-state index in [0.717, 1.165) is 30.9 Å². The Bertz CT molecular complexity index is 382. The average molecular weight is 218 g/mol. The summed E-state index contributed by atoms with van der Waals surface area (Å²) in [6.07, 6.45) is 1.07. The highest BCUT2D eigenvalue weighted by Gasteiger charge is 2.10. The van der Waals surface area contributed by atoms with Gasteiger partial charge >= 0.3 is 0 Å². The predicted octanol–water partition coefficient (Wildman–Crippen LogP) is 2.80. The maximum absolute atomic E-state index is 9.08. The molecule has 0 atom stereocenters. The van der Waals surface area contributed by atoms with E-state index in [2.05, 4.69) is 24.8 Å². The zero-order valence-corrected chi connectivity index (χ0v) is 10.2. The first-order chi connectivity index (χ1) is 7.76. The molecule has 1 aromatic rings. The van der Waals surface area contributed by atoms with Crippen molar-refractivity contribution in [1.29, 1.82) is 5.26 Å². The van der Waals surface area contributed by atoms with E-state index in [4.69, 9.17) is 10.00 Å². The number of hydrogen-bond donors (Lipinski definition) is 0. The van der Waals surface area contributed by atoms with Gasteiger partial charge in [-0.25, -0.2) is 0 Å². The number of nitrogens with zero attached hydrogens (tertiary/aromatic N) is 2. The largest absolute Gasteiger partial charge is 0.497 e. The number of rotatable bonds is 5. The molecule has 86 valence electrons. The molecule has 0 amide bonds. The molecule has 0 unspecified atom stereocenters. The lowest BCUT2D eigenvalue weighted by atomic mass is 10.1. The highest BCUT2D eigenvalue weighted by molar-refractivity contribution is 5.62. The van der Waals surface area contributed by atoms with Gasteiger partial charge in [-0.1, -0.05) is 6.92 Å². The van der Waals surface area contributed by atoms with E-state index < -0.39 is 0 Å². The minimum Gasteiger partial charge on any atom is -0.497 e. The van der Waals surface area contributed by atoms with E-state index in [1.165, 1.54) is 0 Å². The highest BCUT2D eigenvalue weighted by atomic mass is 16.5. The van der Waals surface area contributed by atoms with Crippen molar-refractivity contribution in [2.24, 2.45) is 0 Å². The van der Waals surface area contributed by atoms with Gasteiger partial charge in [0.25, 0.3) is 0 Å². The van der Waals surface area contributed by atoms with Crippen LogP contribution in [0.3, 0.4) is 0 Å². The van der Waals surface area contributed by atoms with Gasteiger partial charge in [0, 0.05) is 19.2 Å². The molecule has 0 fully saturated rings. The van der Waals surface area contributed by atoms with Crippen molar-refractivity contribution in [3.05, 3.63) is 23.8 Å². The molecule has 0 N–H and O–H groups in total. The van der Waals surface area contributed by atoms with Crippen molar-refractivity contribution in [3.8, 4) is 11.8 Å². The first-order valence-corrected chi connectivity index (χ1v) is 5.59. The van der Waals surface area contributed by atoms with Crippen LogP contribution in [-0.4, -0.2) is 20.2 Å². The van der Waals surface area contributed by atoms with Crippen molar-refractivity contribution in [2.75, 3.05) is 25.1 Å². The van der Waals surface area contributed by atoms with Crippen LogP contribution < -0.4 is 9.64 Å². The molecule has 0 saturated heterocycles. The van der Waals surface area contributed by atoms with E-state index in [9.17, 15) is 0 Å². The Morgan fingerprint density at radius 3 is 2.62 bits per heavy atom. The van der Waals surface area contributed by atoms with E-state index in [1.807, 2.05) is 18.2 Å². The van der Waals surface area contributed by atoms with Crippen molar-refractivity contribution in [1.82, 2.24) is 0 Å². The van der Waals surface area contributed by atoms with Crippen LogP contribution in [0.25, 0.3) is 0 Å². The minimum absolute atomic E-state index is 0.705. The maximum atomic E-state index is 9.08. The smallest absolute Gasteiger partial charge is 0.121 e. The molecule has 0 aromatic heterocycles. The summed E-state index contributed by atoms with van der Waals surface area (Å²) < 4.78 is 5.19. The molecule has 0 aliphatic heterocycles. The Morgan fingerprint density at radius 2 is 2.12 bits per heavy atom. The molecule has 0 saturated carbocycles. The number of nitriles is 1. The normalized spacial score (nSPS) is 9.62. The molecule has 0 aliphatic carbocycles. The van der Waals surface area contributed by atoms with Crippen molar-refractivity contribution < 1.29 is 4.74 Å². The van der Waals surface area contributed by atoms with Gasteiger partial charge in [0.05, 0.1) is 18.4 Å². The molecule has 0 aliphatic rings. The quantitative estimate of drug-likeness (QED) is 0.762. The Morgan fingerprint density at radius 1 is 1.38 bits per heavy atom. The fraction of sp³-hybridized carbons (Fsp3) is 0.462. The van der Waals surface area contributed by atoms with Crippen molar-refractivity contribution in [3.63, 3.8) is 0 Å². The molecule has 0 bridgehead atoms. The van der Waals surface area contributed by atoms with Crippen LogP contribution in [0.4, 0.5) is 5.69 Å². The fourth-order valence-electron chi connectivity index (χ4n) is 1.71. The number of anilines is 1. The molecule has 16 heavy (non-hydrogen) atoms. The van der Waals surface area contributed by atoms with Crippen LogP contribution in [0.1, 0.15) is 25.8 Å². The first kappa shape index (κ1) is 12.4. The van der Waals surface area contributed by atoms with E-state index in [-0.39, 0.29) is 0 Å². The molecule has 1 rings (SSSR count). The summed E-state index contributed by atoms with van der Waals surface area (Å²) in [6, 6.07) is 7.78. The van der Waals surface area contributed by atoms with E-state index in [0.29, 0.717) is 5.56 Å². The standard InChI is InChI=1S/C13H18N2O/c1-4-8-15(5-2)13-9-12(16-3)7-6-11(13)10-14/h6-7,9H,4-5,8H2,1-3H3. The van der Waals surface area contributed by atoms with Gasteiger partial charge in [-0.15, -0.1) is 0 Å². The summed E-state index contributed by atoms with van der Waals surface area (Å²) in [7, 11) is 1.64. The second-order valence-corrected chi connectivity index (χ2v) is 3.57. The summed E-state index contributed by atoms with van der Waals surface area (Å²) in [5.74, 6) is 0.795. The van der Waals surface area contributed by atoms with Crippen LogP contribution in [0.15, 0.2) is 18.2 Å². The van der Waals surface area contributed by atoms with Gasteiger partial charge in [-0.05, 0) is 25.5 Å². The van der Waals surface area contributed by atoms with Gasteiger partial charge in [0.15, 0.2) is 0 Å². The van der Waals surface area contributed by atoms with Gasteiger partial charge < -0.3 is 9.64 Å². The Labute approximate surface area is 97.3 Å². The molecule has 1 aromatic carbocycles. The topological polar surface area (TPSA) is 36.3 Å². The zero-order chi connectivity index (χ0) is 12.0. The van der Waals surface area contributed by atoms with Crippen molar-refractivity contribution in [2.45, 2.75) is 20.3 Å². The van der Waals surface area contributed by atoms with E-state index in [1.54, 1.807) is 7.11 Å². The molecule has 3 nitrogen and oxygen atoms in total. The number of ether oxygens (including phenoxy) is 1. The first-order valence-electron chi connectivity index (χ1n) is 5.59. The average Bonchev–Trinajstić information content (AvgIpc) is 2.35. The molecule has 3 heteroatoms. The Hall–Kier alpha value is -1.69. The summed E-state index contributed by atoms with van der Waals surface area (Å²) in [5, 5.41) is 9.08. The Balaban J connectivity index is 3.11. The van der Waals surface area contributed by atoms with Gasteiger partial charge in [0.2, 0.25) is 0 Å².